The maximum Gasteiger partial charge on any atom is 0.410 e. The number of hydrogen-bond acceptors (Lipinski definition) is 7. The minimum absolute atomic E-state index is 0.245. The fourth-order valence-electron chi connectivity index (χ4n) is 2.49. The number of carbonyl (C=O) groups is 1. The molecule has 0 spiro atoms. The number of amides is 1. The fourth-order valence-corrected chi connectivity index (χ4v) is 2.49. The molecule has 1 aliphatic heterocycles. The van der Waals surface area contributed by atoms with E-state index in [1.807, 2.05) is 38.7 Å². The predicted octanol–water partition coefficient (Wildman–Crippen LogP) is 1.99. The van der Waals surface area contributed by atoms with Crippen molar-refractivity contribution in [2.75, 3.05) is 43.4 Å². The first-order valence-electron chi connectivity index (χ1n) is 8.31. The maximum absolute atomic E-state index is 12.1. The van der Waals surface area contributed by atoms with Gasteiger partial charge in [-0.15, -0.1) is 0 Å². The Kier molecular flexibility index (Phi) is 5.57. The first-order valence-corrected chi connectivity index (χ1v) is 8.31. The van der Waals surface area contributed by atoms with Crippen molar-refractivity contribution in [3.8, 4) is 11.9 Å². The van der Waals surface area contributed by atoms with Crippen molar-refractivity contribution >= 4 is 17.6 Å². The third kappa shape index (κ3) is 4.66. The van der Waals surface area contributed by atoms with E-state index >= 15 is 0 Å². The SMILES string of the molecule is CCOc1nc(N2CCN(C(=O)OC(C)(C)C)CC2)cc(N)c1C#N. The standard InChI is InChI=1S/C17H25N5O3/c1-5-24-15-12(11-18)13(19)10-14(20-15)21-6-8-22(9-7-21)16(23)25-17(2,3)4/h10H,5-9H2,1-4H3,(H2,19,20). The summed E-state index contributed by atoms with van der Waals surface area (Å²) in [6.07, 6.45) is -0.311. The Morgan fingerprint density at radius 3 is 2.52 bits per heavy atom. The molecular formula is C17H25N5O3. The summed E-state index contributed by atoms with van der Waals surface area (Å²) >= 11 is 0. The summed E-state index contributed by atoms with van der Waals surface area (Å²) in [5, 5.41) is 9.19. The van der Waals surface area contributed by atoms with Crippen molar-refractivity contribution in [3.63, 3.8) is 0 Å². The first kappa shape index (κ1) is 18.6. The van der Waals surface area contributed by atoms with Crippen molar-refractivity contribution < 1.29 is 14.3 Å². The van der Waals surface area contributed by atoms with Gasteiger partial charge in [-0.05, 0) is 27.7 Å². The molecule has 0 saturated carbocycles. The van der Waals surface area contributed by atoms with Gasteiger partial charge in [-0.1, -0.05) is 0 Å². The number of nitrogen functional groups attached to an aromatic ring is 1. The molecule has 1 aromatic rings. The van der Waals surface area contributed by atoms with Crippen LogP contribution in [0.1, 0.15) is 33.3 Å². The van der Waals surface area contributed by atoms with E-state index in [2.05, 4.69) is 4.98 Å². The smallest absolute Gasteiger partial charge is 0.410 e. The molecule has 136 valence electrons. The second-order valence-electron chi connectivity index (χ2n) is 6.75. The van der Waals surface area contributed by atoms with Crippen molar-refractivity contribution in [3.05, 3.63) is 11.6 Å². The van der Waals surface area contributed by atoms with Crippen molar-refractivity contribution in [2.45, 2.75) is 33.3 Å². The van der Waals surface area contributed by atoms with Crippen molar-refractivity contribution in [1.82, 2.24) is 9.88 Å². The second-order valence-corrected chi connectivity index (χ2v) is 6.75. The van der Waals surface area contributed by atoms with Crippen LogP contribution in [-0.2, 0) is 4.74 Å². The Morgan fingerprint density at radius 2 is 2.00 bits per heavy atom. The third-order valence-corrected chi connectivity index (χ3v) is 3.65. The number of pyridine rings is 1. The van der Waals surface area contributed by atoms with E-state index in [0.717, 1.165) is 0 Å². The van der Waals surface area contributed by atoms with Crippen molar-refractivity contribution in [2.24, 2.45) is 0 Å². The summed E-state index contributed by atoms with van der Waals surface area (Å²) in [6, 6.07) is 3.69. The highest BCUT2D eigenvalue weighted by Crippen LogP contribution is 2.27. The summed E-state index contributed by atoms with van der Waals surface area (Å²) in [7, 11) is 0. The number of nitriles is 1. The lowest BCUT2D eigenvalue weighted by Crippen LogP contribution is -2.50. The molecule has 0 bridgehead atoms. The van der Waals surface area contributed by atoms with Crippen molar-refractivity contribution in [1.29, 1.82) is 5.26 Å². The molecule has 2 heterocycles. The Labute approximate surface area is 148 Å². The van der Waals surface area contributed by atoms with E-state index in [-0.39, 0.29) is 17.5 Å². The normalized spacial score (nSPS) is 14.8. The summed E-state index contributed by atoms with van der Waals surface area (Å²) in [5.41, 5.74) is 6.04. The molecule has 1 fully saturated rings. The molecule has 8 nitrogen and oxygen atoms in total. The van der Waals surface area contributed by atoms with Gasteiger partial charge in [0.15, 0.2) is 0 Å². The molecule has 0 atom stereocenters. The Hall–Kier alpha value is -2.69. The molecule has 1 amide bonds. The van der Waals surface area contributed by atoms with Crippen LogP contribution < -0.4 is 15.4 Å². The van der Waals surface area contributed by atoms with Crippen LogP contribution in [0.15, 0.2) is 6.07 Å². The molecule has 0 unspecified atom stereocenters. The highest BCUT2D eigenvalue weighted by molar-refractivity contribution is 5.69. The van der Waals surface area contributed by atoms with E-state index in [1.165, 1.54) is 0 Å². The highest BCUT2D eigenvalue weighted by Gasteiger charge is 2.27. The summed E-state index contributed by atoms with van der Waals surface area (Å²) in [5.74, 6) is 0.887. The van der Waals surface area contributed by atoms with Crippen LogP contribution in [0.4, 0.5) is 16.3 Å². The number of nitrogens with two attached hydrogens (primary N) is 1. The van der Waals surface area contributed by atoms with Crippen LogP contribution in [0.2, 0.25) is 0 Å². The van der Waals surface area contributed by atoms with E-state index in [1.54, 1.807) is 11.0 Å². The Bertz CT molecular complexity index is 670. The number of hydrogen-bond donors (Lipinski definition) is 1. The van der Waals surface area contributed by atoms with E-state index in [9.17, 15) is 10.1 Å². The van der Waals surface area contributed by atoms with E-state index in [0.29, 0.717) is 44.3 Å². The minimum atomic E-state index is -0.510. The van der Waals surface area contributed by atoms with Gasteiger partial charge >= 0.3 is 6.09 Å². The quantitative estimate of drug-likeness (QED) is 0.891. The van der Waals surface area contributed by atoms with Gasteiger partial charge in [0.2, 0.25) is 5.88 Å². The second kappa shape index (κ2) is 7.47. The topological polar surface area (TPSA) is 105 Å². The highest BCUT2D eigenvalue weighted by atomic mass is 16.6. The van der Waals surface area contributed by atoms with Gasteiger partial charge in [0.1, 0.15) is 23.1 Å². The molecular weight excluding hydrogens is 322 g/mol. The van der Waals surface area contributed by atoms with Crippen LogP contribution in [0.25, 0.3) is 0 Å². The number of aromatic nitrogens is 1. The lowest BCUT2D eigenvalue weighted by atomic mass is 10.2. The van der Waals surface area contributed by atoms with Gasteiger partial charge in [-0.2, -0.15) is 10.2 Å². The molecule has 1 aromatic heterocycles. The number of anilines is 2. The molecule has 0 aromatic carbocycles. The molecule has 0 aliphatic carbocycles. The lowest BCUT2D eigenvalue weighted by Gasteiger charge is -2.36. The molecule has 2 N–H and O–H groups in total. The van der Waals surface area contributed by atoms with Gasteiger partial charge in [-0.25, -0.2) is 4.79 Å². The van der Waals surface area contributed by atoms with Crippen LogP contribution in [0, 0.1) is 11.3 Å². The minimum Gasteiger partial charge on any atom is -0.477 e. The average molecular weight is 347 g/mol. The number of rotatable bonds is 3. The molecule has 8 heteroatoms. The Morgan fingerprint density at radius 1 is 1.36 bits per heavy atom. The van der Waals surface area contributed by atoms with Gasteiger partial charge in [0, 0.05) is 32.2 Å². The first-order chi connectivity index (χ1) is 11.7. The monoisotopic (exact) mass is 347 g/mol. The van der Waals surface area contributed by atoms with Gasteiger partial charge in [0.25, 0.3) is 0 Å². The van der Waals surface area contributed by atoms with Crippen LogP contribution in [0.5, 0.6) is 5.88 Å². The molecule has 25 heavy (non-hydrogen) atoms. The zero-order chi connectivity index (χ0) is 18.6. The lowest BCUT2D eigenvalue weighted by molar-refractivity contribution is 0.0240. The largest absolute Gasteiger partial charge is 0.477 e. The average Bonchev–Trinajstić information content (AvgIpc) is 2.53. The number of piperazine rings is 1. The Balaban J connectivity index is 2.08. The number of nitrogens with zero attached hydrogens (tertiary/aromatic N) is 4. The zero-order valence-corrected chi connectivity index (χ0v) is 15.2. The van der Waals surface area contributed by atoms with E-state index in [4.69, 9.17) is 15.2 Å². The van der Waals surface area contributed by atoms with Gasteiger partial charge in [-0.3, -0.25) is 0 Å². The maximum atomic E-state index is 12.1. The number of ether oxygens (including phenoxy) is 2. The molecule has 1 aliphatic rings. The van der Waals surface area contributed by atoms with Gasteiger partial charge < -0.3 is 25.0 Å². The van der Waals surface area contributed by atoms with Crippen LogP contribution >= 0.6 is 0 Å². The summed E-state index contributed by atoms with van der Waals surface area (Å²) in [6.45, 7) is 10.0. The fraction of sp³-hybridized carbons (Fsp3) is 0.588. The summed E-state index contributed by atoms with van der Waals surface area (Å²) in [4.78, 5) is 20.2. The zero-order valence-electron chi connectivity index (χ0n) is 15.2. The summed E-state index contributed by atoms with van der Waals surface area (Å²) < 4.78 is 10.8. The van der Waals surface area contributed by atoms with Crippen LogP contribution in [-0.4, -0.2) is 54.4 Å². The van der Waals surface area contributed by atoms with E-state index < -0.39 is 5.60 Å². The molecule has 1 saturated heterocycles. The number of carbonyl (C=O) groups excluding carboxylic acids is 1. The van der Waals surface area contributed by atoms with Gasteiger partial charge in [0.05, 0.1) is 12.3 Å². The third-order valence-electron chi connectivity index (χ3n) is 3.65. The van der Waals surface area contributed by atoms with Crippen LogP contribution in [0.3, 0.4) is 0 Å². The molecule has 2 rings (SSSR count). The molecule has 0 radical (unpaired) electrons. The predicted molar refractivity (Wildman–Crippen MR) is 94.6 cm³/mol.